The first kappa shape index (κ1) is 20.4. The standard InChI is InChI=1S/C26H25NO5/c1-29-25-15-20(9-12-23(25)31-17-22-16-30-22)27-14-13-24(26(27)28)32-21-10-7-19(8-11-21)18-5-3-2-4-6-18/h2-12,15,22,24H,13-14,16-17H2,1H3/t22-,24?/m1/s1. The van der Waals surface area contributed by atoms with Gasteiger partial charge in [-0.1, -0.05) is 42.5 Å². The Morgan fingerprint density at radius 1 is 0.969 bits per heavy atom. The number of benzene rings is 3. The van der Waals surface area contributed by atoms with Crippen LogP contribution in [-0.4, -0.2) is 45.0 Å². The van der Waals surface area contributed by atoms with Crippen LogP contribution in [0.2, 0.25) is 0 Å². The van der Waals surface area contributed by atoms with Gasteiger partial charge in [0.2, 0.25) is 0 Å². The van der Waals surface area contributed by atoms with Gasteiger partial charge in [0, 0.05) is 24.7 Å². The van der Waals surface area contributed by atoms with Crippen LogP contribution in [-0.2, 0) is 9.53 Å². The van der Waals surface area contributed by atoms with Crippen molar-refractivity contribution in [1.29, 1.82) is 0 Å². The number of methoxy groups -OCH3 is 1. The molecule has 0 saturated carbocycles. The van der Waals surface area contributed by atoms with Gasteiger partial charge in [-0.05, 0) is 35.4 Å². The molecule has 3 aromatic carbocycles. The monoisotopic (exact) mass is 431 g/mol. The fourth-order valence-electron chi connectivity index (χ4n) is 3.83. The van der Waals surface area contributed by atoms with Crippen LogP contribution in [0.1, 0.15) is 6.42 Å². The second-order valence-corrected chi connectivity index (χ2v) is 7.88. The van der Waals surface area contributed by atoms with Crippen LogP contribution in [0.25, 0.3) is 11.1 Å². The average molecular weight is 431 g/mol. The molecular weight excluding hydrogens is 406 g/mol. The maximum atomic E-state index is 13.0. The second kappa shape index (κ2) is 8.93. The van der Waals surface area contributed by atoms with Crippen molar-refractivity contribution in [2.75, 3.05) is 31.8 Å². The molecule has 1 unspecified atom stereocenters. The van der Waals surface area contributed by atoms with Gasteiger partial charge in [-0.3, -0.25) is 4.79 Å². The predicted octanol–water partition coefficient (Wildman–Crippen LogP) is 4.32. The highest BCUT2D eigenvalue weighted by Gasteiger charge is 2.35. The van der Waals surface area contributed by atoms with Gasteiger partial charge in [0.25, 0.3) is 5.91 Å². The lowest BCUT2D eigenvalue weighted by atomic mass is 10.1. The van der Waals surface area contributed by atoms with E-state index >= 15 is 0 Å². The number of rotatable bonds is 8. The molecule has 2 aliphatic heterocycles. The molecule has 2 aliphatic rings. The van der Waals surface area contributed by atoms with E-state index in [1.54, 1.807) is 12.0 Å². The Morgan fingerprint density at radius 3 is 2.44 bits per heavy atom. The minimum Gasteiger partial charge on any atom is -0.493 e. The third kappa shape index (κ3) is 4.41. The summed E-state index contributed by atoms with van der Waals surface area (Å²) in [6.45, 7) is 1.82. The molecule has 6 heteroatoms. The van der Waals surface area contributed by atoms with E-state index in [1.165, 1.54) is 0 Å². The van der Waals surface area contributed by atoms with Gasteiger partial charge < -0.3 is 23.8 Å². The van der Waals surface area contributed by atoms with Gasteiger partial charge >= 0.3 is 0 Å². The number of carbonyl (C=O) groups excluding carboxylic acids is 1. The number of nitrogens with zero attached hydrogens (tertiary/aromatic N) is 1. The summed E-state index contributed by atoms with van der Waals surface area (Å²) < 4.78 is 22.4. The molecule has 1 amide bonds. The lowest BCUT2D eigenvalue weighted by Crippen LogP contribution is -2.32. The maximum Gasteiger partial charge on any atom is 0.268 e. The van der Waals surface area contributed by atoms with E-state index < -0.39 is 6.10 Å². The average Bonchev–Trinajstić information content (AvgIpc) is 3.61. The van der Waals surface area contributed by atoms with Crippen molar-refractivity contribution >= 4 is 11.6 Å². The number of epoxide rings is 1. The molecule has 0 radical (unpaired) electrons. The van der Waals surface area contributed by atoms with Crippen LogP contribution in [0.15, 0.2) is 72.8 Å². The van der Waals surface area contributed by atoms with Gasteiger partial charge in [-0.25, -0.2) is 0 Å². The van der Waals surface area contributed by atoms with Crippen LogP contribution < -0.4 is 19.1 Å². The molecule has 2 fully saturated rings. The summed E-state index contributed by atoms with van der Waals surface area (Å²) in [6, 6.07) is 23.6. The SMILES string of the molecule is COc1cc(N2CCC(Oc3ccc(-c4ccccc4)cc3)C2=O)ccc1OC[C@H]1CO1. The van der Waals surface area contributed by atoms with Crippen molar-refractivity contribution in [1.82, 2.24) is 0 Å². The number of hydrogen-bond donors (Lipinski definition) is 0. The van der Waals surface area contributed by atoms with E-state index in [1.807, 2.05) is 60.7 Å². The molecule has 3 aromatic rings. The third-order valence-corrected chi connectivity index (χ3v) is 5.68. The molecule has 164 valence electrons. The van der Waals surface area contributed by atoms with Gasteiger partial charge in [-0.2, -0.15) is 0 Å². The van der Waals surface area contributed by atoms with E-state index in [4.69, 9.17) is 18.9 Å². The van der Waals surface area contributed by atoms with Crippen molar-refractivity contribution < 1.29 is 23.7 Å². The van der Waals surface area contributed by atoms with E-state index in [9.17, 15) is 4.79 Å². The Hall–Kier alpha value is -3.51. The van der Waals surface area contributed by atoms with Crippen LogP contribution in [0.4, 0.5) is 5.69 Å². The fourth-order valence-corrected chi connectivity index (χ4v) is 3.83. The first-order valence-corrected chi connectivity index (χ1v) is 10.8. The van der Waals surface area contributed by atoms with Crippen molar-refractivity contribution in [3.8, 4) is 28.4 Å². The number of carbonyl (C=O) groups is 1. The van der Waals surface area contributed by atoms with E-state index in [-0.39, 0.29) is 12.0 Å². The first-order valence-electron chi connectivity index (χ1n) is 10.8. The van der Waals surface area contributed by atoms with Crippen molar-refractivity contribution in [2.45, 2.75) is 18.6 Å². The highest BCUT2D eigenvalue weighted by Crippen LogP contribution is 2.34. The Morgan fingerprint density at radius 2 is 1.72 bits per heavy atom. The van der Waals surface area contributed by atoms with E-state index in [0.29, 0.717) is 36.8 Å². The first-order chi connectivity index (χ1) is 15.7. The zero-order valence-electron chi connectivity index (χ0n) is 17.9. The number of hydrogen-bond acceptors (Lipinski definition) is 5. The molecule has 32 heavy (non-hydrogen) atoms. The Balaban J connectivity index is 1.24. The third-order valence-electron chi connectivity index (χ3n) is 5.68. The van der Waals surface area contributed by atoms with Crippen molar-refractivity contribution in [3.05, 3.63) is 72.8 Å². The largest absolute Gasteiger partial charge is 0.493 e. The summed E-state index contributed by atoms with van der Waals surface area (Å²) in [6.07, 6.45) is 0.282. The summed E-state index contributed by atoms with van der Waals surface area (Å²) in [5.41, 5.74) is 3.03. The number of ether oxygens (including phenoxy) is 4. The molecular formula is C26H25NO5. The minimum atomic E-state index is -0.508. The molecule has 2 saturated heterocycles. The normalized spacial score (nSPS) is 19.7. The molecule has 2 atom stereocenters. The van der Waals surface area contributed by atoms with Gasteiger partial charge in [-0.15, -0.1) is 0 Å². The summed E-state index contributed by atoms with van der Waals surface area (Å²) in [4.78, 5) is 14.8. The quantitative estimate of drug-likeness (QED) is 0.497. The minimum absolute atomic E-state index is 0.0563. The summed E-state index contributed by atoms with van der Waals surface area (Å²) in [5.74, 6) is 1.87. The van der Waals surface area contributed by atoms with Crippen LogP contribution in [0.3, 0.4) is 0 Å². The molecule has 0 bridgehead atoms. The fraction of sp³-hybridized carbons (Fsp3) is 0.269. The maximum absolute atomic E-state index is 13.0. The van der Waals surface area contributed by atoms with Gasteiger partial charge in [0.1, 0.15) is 18.5 Å². The lowest BCUT2D eigenvalue weighted by Gasteiger charge is -2.19. The molecule has 0 aromatic heterocycles. The Kier molecular flexibility index (Phi) is 5.69. The lowest BCUT2D eigenvalue weighted by molar-refractivity contribution is -0.122. The van der Waals surface area contributed by atoms with Gasteiger partial charge in [0.15, 0.2) is 17.6 Å². The molecule has 0 N–H and O–H groups in total. The molecule has 6 nitrogen and oxygen atoms in total. The number of amides is 1. The van der Waals surface area contributed by atoms with Crippen LogP contribution in [0, 0.1) is 0 Å². The second-order valence-electron chi connectivity index (χ2n) is 7.88. The molecule has 2 heterocycles. The topological polar surface area (TPSA) is 60.5 Å². The molecule has 5 rings (SSSR count). The number of anilines is 1. The zero-order valence-corrected chi connectivity index (χ0v) is 17.9. The highest BCUT2D eigenvalue weighted by atomic mass is 16.6. The summed E-state index contributed by atoms with van der Waals surface area (Å²) in [5, 5.41) is 0. The van der Waals surface area contributed by atoms with E-state index in [2.05, 4.69) is 12.1 Å². The molecule has 0 aliphatic carbocycles. The van der Waals surface area contributed by atoms with E-state index in [0.717, 1.165) is 23.4 Å². The van der Waals surface area contributed by atoms with Crippen molar-refractivity contribution in [3.63, 3.8) is 0 Å². The highest BCUT2D eigenvalue weighted by molar-refractivity contribution is 5.99. The zero-order chi connectivity index (χ0) is 21.9. The summed E-state index contributed by atoms with van der Waals surface area (Å²) >= 11 is 0. The van der Waals surface area contributed by atoms with Crippen LogP contribution in [0.5, 0.6) is 17.2 Å². The Bertz CT molecular complexity index is 1080. The Labute approximate surface area is 187 Å². The van der Waals surface area contributed by atoms with Crippen LogP contribution >= 0.6 is 0 Å². The predicted molar refractivity (Wildman–Crippen MR) is 121 cm³/mol. The van der Waals surface area contributed by atoms with Crippen molar-refractivity contribution in [2.24, 2.45) is 0 Å². The smallest absolute Gasteiger partial charge is 0.268 e. The van der Waals surface area contributed by atoms with Gasteiger partial charge in [0.05, 0.1) is 13.7 Å². The molecule has 0 spiro atoms. The summed E-state index contributed by atoms with van der Waals surface area (Å²) in [7, 11) is 1.59.